The zero-order chi connectivity index (χ0) is 38.4. The smallest absolute Gasteiger partial charge is 0.338 e. The Morgan fingerprint density at radius 3 is 0.962 bits per heavy atom. The average molecular weight is 725 g/mol. The second-order valence-electron chi connectivity index (χ2n) is 13.6. The molecule has 0 amide bonds. The lowest BCUT2D eigenvalue weighted by molar-refractivity contribution is 0.0414. The lowest BCUT2D eigenvalue weighted by atomic mass is 10.0. The van der Waals surface area contributed by atoms with Crippen LogP contribution in [0.25, 0.3) is 0 Å². The van der Waals surface area contributed by atoms with E-state index < -0.39 is 0 Å². The molecule has 0 aromatic heterocycles. The highest BCUT2D eigenvalue weighted by atomic mass is 16.5. The molecular weight excluding hydrogens is 656 g/mol. The molecule has 0 spiro atoms. The third-order valence-electron chi connectivity index (χ3n) is 9.16. The Hall–Kier alpha value is -3.68. The van der Waals surface area contributed by atoms with Crippen LogP contribution in [0.1, 0.15) is 186 Å². The van der Waals surface area contributed by atoms with Crippen LogP contribution in [0.4, 0.5) is 0 Å². The van der Waals surface area contributed by atoms with E-state index in [0.717, 1.165) is 103 Å². The Morgan fingerprint density at radius 1 is 0.404 bits per heavy atom. The number of carbonyl (C=O) groups is 4. The highest BCUT2D eigenvalue weighted by Gasteiger charge is 2.15. The minimum Gasteiger partial charge on any atom is -0.462 e. The molecule has 0 N–H and O–H groups in total. The number of hydrogen-bond acceptors (Lipinski definition) is 8. The Labute approximate surface area is 314 Å². The molecular formula is C44H68O8. The SMILES string of the molecule is CCCCC(CC)COC(=O)c1ccc(C(=O)OCC(CC)CCCC)cc1.CCCCCCOC(=O)c1ccc(C(=O)OCCCCCC)cc1. The lowest BCUT2D eigenvalue weighted by Crippen LogP contribution is -2.15. The standard InChI is InChI=1S/C24H38O4.C20H30O4/c1-5-9-11-19(7-3)17-27-23(25)21-13-15-22(16-14-21)24(26)28-18-20(8-4)12-10-6-2;1-3-5-7-9-15-23-19(21)17-11-13-18(14-12-17)20(22)24-16-10-8-6-4-2/h13-16,19-20H,5-12,17-18H2,1-4H3;11-14H,3-10,15-16H2,1-2H3. The predicted octanol–water partition coefficient (Wildman–Crippen LogP) is 11.6. The molecule has 0 fully saturated rings. The molecule has 8 heteroatoms. The molecule has 2 aromatic carbocycles. The maximum absolute atomic E-state index is 12.2. The van der Waals surface area contributed by atoms with Crippen LogP contribution in [0.5, 0.6) is 0 Å². The first-order valence-corrected chi connectivity index (χ1v) is 20.1. The monoisotopic (exact) mass is 724 g/mol. The van der Waals surface area contributed by atoms with Gasteiger partial charge in [-0.2, -0.15) is 0 Å². The fourth-order valence-electron chi connectivity index (χ4n) is 5.39. The first-order valence-electron chi connectivity index (χ1n) is 20.1. The highest BCUT2D eigenvalue weighted by Crippen LogP contribution is 2.17. The van der Waals surface area contributed by atoms with Crippen molar-refractivity contribution in [1.82, 2.24) is 0 Å². The second-order valence-corrected chi connectivity index (χ2v) is 13.6. The minimum absolute atomic E-state index is 0.333. The topological polar surface area (TPSA) is 105 Å². The van der Waals surface area contributed by atoms with Gasteiger partial charge in [0, 0.05) is 0 Å². The predicted molar refractivity (Wildman–Crippen MR) is 209 cm³/mol. The van der Waals surface area contributed by atoms with Crippen molar-refractivity contribution < 1.29 is 38.1 Å². The number of hydrogen-bond donors (Lipinski definition) is 0. The van der Waals surface area contributed by atoms with E-state index in [9.17, 15) is 19.2 Å². The fraction of sp³-hybridized carbons (Fsp3) is 0.636. The number of benzene rings is 2. The molecule has 0 aliphatic rings. The normalized spacial score (nSPS) is 11.8. The summed E-state index contributed by atoms with van der Waals surface area (Å²) in [6.45, 7) is 14.7. The maximum atomic E-state index is 12.2. The summed E-state index contributed by atoms with van der Waals surface area (Å²) in [5.41, 5.74) is 1.86. The molecule has 292 valence electrons. The average Bonchev–Trinajstić information content (AvgIpc) is 3.17. The summed E-state index contributed by atoms with van der Waals surface area (Å²) in [4.78, 5) is 48.3. The van der Waals surface area contributed by atoms with E-state index in [4.69, 9.17) is 18.9 Å². The zero-order valence-corrected chi connectivity index (χ0v) is 33.2. The van der Waals surface area contributed by atoms with Gasteiger partial charge >= 0.3 is 23.9 Å². The maximum Gasteiger partial charge on any atom is 0.338 e. The Balaban J connectivity index is 0.000000526. The van der Waals surface area contributed by atoms with Gasteiger partial charge < -0.3 is 18.9 Å². The van der Waals surface area contributed by atoms with Gasteiger partial charge in [-0.15, -0.1) is 0 Å². The summed E-state index contributed by atoms with van der Waals surface area (Å²) in [5, 5.41) is 0. The summed E-state index contributed by atoms with van der Waals surface area (Å²) in [7, 11) is 0. The van der Waals surface area contributed by atoms with Gasteiger partial charge in [-0.3, -0.25) is 0 Å². The number of esters is 4. The van der Waals surface area contributed by atoms with E-state index in [1.165, 1.54) is 0 Å². The van der Waals surface area contributed by atoms with Crippen LogP contribution in [0, 0.1) is 11.8 Å². The molecule has 0 saturated carbocycles. The molecule has 0 radical (unpaired) electrons. The van der Waals surface area contributed by atoms with Crippen molar-refractivity contribution >= 4 is 23.9 Å². The molecule has 2 unspecified atom stereocenters. The highest BCUT2D eigenvalue weighted by molar-refractivity contribution is 5.94. The van der Waals surface area contributed by atoms with Gasteiger partial charge in [-0.05, 0) is 86.1 Å². The largest absolute Gasteiger partial charge is 0.462 e. The van der Waals surface area contributed by atoms with Crippen LogP contribution in [0.3, 0.4) is 0 Å². The van der Waals surface area contributed by atoms with Gasteiger partial charge in [0.05, 0.1) is 48.7 Å². The summed E-state index contributed by atoms with van der Waals surface area (Å²) in [6, 6.07) is 13.0. The number of unbranched alkanes of at least 4 members (excludes halogenated alkanes) is 8. The number of rotatable bonds is 26. The van der Waals surface area contributed by atoms with Crippen molar-refractivity contribution in [2.24, 2.45) is 11.8 Å². The minimum atomic E-state index is -0.342. The Morgan fingerprint density at radius 2 is 0.692 bits per heavy atom. The molecule has 2 aromatic rings. The quantitative estimate of drug-likeness (QED) is 0.0536. The molecule has 52 heavy (non-hydrogen) atoms. The summed E-state index contributed by atoms with van der Waals surface area (Å²) >= 11 is 0. The second kappa shape index (κ2) is 29.9. The molecule has 2 atom stereocenters. The first-order chi connectivity index (χ1) is 25.2. The van der Waals surface area contributed by atoms with Gasteiger partial charge in [0.25, 0.3) is 0 Å². The van der Waals surface area contributed by atoms with Gasteiger partial charge in [-0.1, -0.05) is 119 Å². The van der Waals surface area contributed by atoms with E-state index in [1.54, 1.807) is 48.5 Å². The van der Waals surface area contributed by atoms with Crippen LogP contribution < -0.4 is 0 Å². The third-order valence-corrected chi connectivity index (χ3v) is 9.16. The van der Waals surface area contributed by atoms with Crippen molar-refractivity contribution in [3.05, 3.63) is 70.8 Å². The van der Waals surface area contributed by atoms with Gasteiger partial charge in [-0.25, -0.2) is 19.2 Å². The van der Waals surface area contributed by atoms with Crippen molar-refractivity contribution in [3.8, 4) is 0 Å². The summed E-state index contributed by atoms with van der Waals surface area (Å²) in [5.74, 6) is -0.521. The van der Waals surface area contributed by atoms with E-state index in [2.05, 4.69) is 41.5 Å². The molecule has 0 aliphatic carbocycles. The third kappa shape index (κ3) is 20.4. The van der Waals surface area contributed by atoms with Crippen LogP contribution in [-0.2, 0) is 18.9 Å². The Bertz CT molecular complexity index is 1140. The molecule has 0 heterocycles. The van der Waals surface area contributed by atoms with Gasteiger partial charge in [0.2, 0.25) is 0 Å². The van der Waals surface area contributed by atoms with E-state index in [-0.39, 0.29) is 23.9 Å². The molecule has 0 saturated heterocycles. The van der Waals surface area contributed by atoms with Crippen molar-refractivity contribution in [3.63, 3.8) is 0 Å². The number of carbonyl (C=O) groups excluding carboxylic acids is 4. The first kappa shape index (κ1) is 46.3. The van der Waals surface area contributed by atoms with E-state index in [0.29, 0.717) is 60.5 Å². The van der Waals surface area contributed by atoms with E-state index >= 15 is 0 Å². The van der Waals surface area contributed by atoms with Gasteiger partial charge in [0.1, 0.15) is 0 Å². The molecule has 0 bridgehead atoms. The van der Waals surface area contributed by atoms with Crippen molar-refractivity contribution in [2.75, 3.05) is 26.4 Å². The molecule has 2 rings (SSSR count). The number of ether oxygens (including phenoxy) is 4. The molecule has 8 nitrogen and oxygen atoms in total. The van der Waals surface area contributed by atoms with Crippen molar-refractivity contribution in [2.45, 2.75) is 144 Å². The lowest BCUT2D eigenvalue weighted by Gasteiger charge is -2.15. The van der Waals surface area contributed by atoms with Crippen LogP contribution >= 0.6 is 0 Å². The Kier molecular flexibility index (Phi) is 26.6. The van der Waals surface area contributed by atoms with Crippen LogP contribution in [-0.4, -0.2) is 50.3 Å². The molecule has 0 aliphatic heterocycles. The summed E-state index contributed by atoms with van der Waals surface area (Å²) in [6.07, 6.45) is 17.4. The van der Waals surface area contributed by atoms with Crippen molar-refractivity contribution in [1.29, 1.82) is 0 Å². The zero-order valence-electron chi connectivity index (χ0n) is 33.2. The van der Waals surface area contributed by atoms with Crippen LogP contribution in [0.2, 0.25) is 0 Å². The van der Waals surface area contributed by atoms with E-state index in [1.807, 2.05) is 0 Å². The fourth-order valence-corrected chi connectivity index (χ4v) is 5.39. The summed E-state index contributed by atoms with van der Waals surface area (Å²) < 4.78 is 21.4. The van der Waals surface area contributed by atoms with Gasteiger partial charge in [0.15, 0.2) is 0 Å². The van der Waals surface area contributed by atoms with Crippen LogP contribution in [0.15, 0.2) is 48.5 Å².